The molecule has 0 radical (unpaired) electrons. The van der Waals surface area contributed by atoms with Gasteiger partial charge in [-0.25, -0.2) is 8.42 Å². The first-order valence-electron chi connectivity index (χ1n) is 13.1. The predicted molar refractivity (Wildman–Crippen MR) is 157 cm³/mol. The molecule has 7 nitrogen and oxygen atoms in total. The van der Waals surface area contributed by atoms with Crippen LogP contribution in [0.4, 0.5) is 5.69 Å². The Bertz CT molecular complexity index is 1320. The molecule has 2 amide bonds. The average Bonchev–Trinajstić information content (AvgIpc) is 2.92. The predicted octanol–water partition coefficient (Wildman–Crippen LogP) is 5.05. The van der Waals surface area contributed by atoms with Gasteiger partial charge in [0.2, 0.25) is 21.8 Å². The van der Waals surface area contributed by atoms with Crippen LogP contribution in [0, 0.1) is 0 Å². The fraction of sp³-hybridized carbons (Fsp3) is 0.333. The number of hydrogen-bond acceptors (Lipinski definition) is 4. The van der Waals surface area contributed by atoms with E-state index in [1.807, 2.05) is 67.6 Å². The number of hydrogen-bond donors (Lipinski definition) is 1. The maximum Gasteiger partial charge on any atom is 0.243 e. The number of nitrogens with zero attached hydrogens (tertiary/aromatic N) is 2. The summed E-state index contributed by atoms with van der Waals surface area (Å²) in [4.78, 5) is 28.7. The molecule has 3 aromatic carbocycles. The van der Waals surface area contributed by atoms with Crippen LogP contribution >= 0.6 is 11.6 Å². The van der Waals surface area contributed by atoms with E-state index >= 15 is 0 Å². The minimum absolute atomic E-state index is 0.0752. The van der Waals surface area contributed by atoms with Crippen molar-refractivity contribution in [1.82, 2.24) is 10.2 Å². The van der Waals surface area contributed by atoms with Crippen LogP contribution in [0.25, 0.3) is 0 Å². The first kappa shape index (κ1) is 30.2. The summed E-state index contributed by atoms with van der Waals surface area (Å²) in [6.07, 6.45) is 2.63. The third-order valence-corrected chi connectivity index (χ3v) is 7.69. The standard InChI is InChI=1S/C30H36ClN3O4S/c1-3-19-32-30(36)28(21-24-12-6-4-7-13-24)33(23-25-14-8-5-9-15-25)29(35)18-11-20-34(39(2,37)38)27-17-10-16-26(31)22-27/h4-10,12-17,22,28H,3,11,18-21,23H2,1-2H3,(H,32,36). The van der Waals surface area contributed by atoms with E-state index in [0.29, 0.717) is 23.7 Å². The van der Waals surface area contributed by atoms with E-state index in [4.69, 9.17) is 11.6 Å². The number of halogens is 1. The van der Waals surface area contributed by atoms with Crippen molar-refractivity contribution < 1.29 is 18.0 Å². The first-order chi connectivity index (χ1) is 18.7. The van der Waals surface area contributed by atoms with Crippen LogP contribution in [-0.4, -0.2) is 50.5 Å². The highest BCUT2D eigenvalue weighted by Gasteiger charge is 2.30. The fourth-order valence-electron chi connectivity index (χ4n) is 4.34. The molecule has 0 bridgehead atoms. The second-order valence-electron chi connectivity index (χ2n) is 9.42. The minimum Gasteiger partial charge on any atom is -0.354 e. The molecule has 0 heterocycles. The number of carbonyl (C=O) groups is 2. The molecule has 1 atom stereocenters. The Morgan fingerprint density at radius 3 is 2.15 bits per heavy atom. The summed E-state index contributed by atoms with van der Waals surface area (Å²) in [5, 5.41) is 3.39. The van der Waals surface area contributed by atoms with Crippen molar-refractivity contribution in [2.75, 3.05) is 23.7 Å². The zero-order chi connectivity index (χ0) is 28.3. The van der Waals surface area contributed by atoms with Gasteiger partial charge >= 0.3 is 0 Å². The van der Waals surface area contributed by atoms with Crippen LogP contribution in [0.3, 0.4) is 0 Å². The summed E-state index contributed by atoms with van der Waals surface area (Å²) in [5.74, 6) is -0.423. The van der Waals surface area contributed by atoms with Gasteiger partial charge in [0.25, 0.3) is 0 Å². The van der Waals surface area contributed by atoms with E-state index in [0.717, 1.165) is 23.8 Å². The number of rotatable bonds is 14. The Labute approximate surface area is 236 Å². The van der Waals surface area contributed by atoms with E-state index in [2.05, 4.69) is 5.32 Å². The highest BCUT2D eigenvalue weighted by atomic mass is 35.5. The Balaban J connectivity index is 1.84. The van der Waals surface area contributed by atoms with Crippen molar-refractivity contribution >= 4 is 39.1 Å². The molecule has 0 aliphatic rings. The fourth-order valence-corrected chi connectivity index (χ4v) is 5.48. The summed E-state index contributed by atoms with van der Waals surface area (Å²) in [7, 11) is -3.60. The molecule has 1 N–H and O–H groups in total. The second kappa shape index (κ2) is 14.7. The number of benzene rings is 3. The largest absolute Gasteiger partial charge is 0.354 e. The molecule has 208 valence electrons. The Hall–Kier alpha value is -3.36. The zero-order valence-corrected chi connectivity index (χ0v) is 24.0. The molecule has 0 aliphatic heterocycles. The molecule has 0 saturated carbocycles. The van der Waals surface area contributed by atoms with Crippen molar-refractivity contribution in [3.63, 3.8) is 0 Å². The normalized spacial score (nSPS) is 12.0. The summed E-state index contributed by atoms with van der Waals surface area (Å²) in [6.45, 7) is 2.86. The van der Waals surface area contributed by atoms with E-state index in [1.54, 1.807) is 29.2 Å². The van der Waals surface area contributed by atoms with Gasteiger partial charge in [-0.2, -0.15) is 0 Å². The molecule has 0 fully saturated rings. The molecule has 1 unspecified atom stereocenters. The number of anilines is 1. The lowest BCUT2D eigenvalue weighted by atomic mass is 10.0. The van der Waals surface area contributed by atoms with E-state index in [1.165, 1.54) is 4.31 Å². The average molecular weight is 570 g/mol. The smallest absolute Gasteiger partial charge is 0.243 e. The lowest BCUT2D eigenvalue weighted by Crippen LogP contribution is -2.50. The number of nitrogens with one attached hydrogen (secondary N) is 1. The third-order valence-electron chi connectivity index (χ3n) is 6.26. The maximum absolute atomic E-state index is 13.7. The van der Waals surface area contributed by atoms with Gasteiger partial charge in [0.1, 0.15) is 6.04 Å². The van der Waals surface area contributed by atoms with Gasteiger partial charge in [0.15, 0.2) is 0 Å². The van der Waals surface area contributed by atoms with Crippen LogP contribution in [-0.2, 0) is 32.6 Å². The van der Waals surface area contributed by atoms with E-state index in [9.17, 15) is 18.0 Å². The highest BCUT2D eigenvalue weighted by Crippen LogP contribution is 2.23. The van der Waals surface area contributed by atoms with Crippen LogP contribution in [0.1, 0.15) is 37.3 Å². The monoisotopic (exact) mass is 569 g/mol. The lowest BCUT2D eigenvalue weighted by Gasteiger charge is -2.32. The van der Waals surface area contributed by atoms with E-state index < -0.39 is 16.1 Å². The quantitative estimate of drug-likeness (QED) is 0.294. The van der Waals surface area contributed by atoms with E-state index in [-0.39, 0.29) is 37.7 Å². The molecule has 0 saturated heterocycles. The Kier molecular flexibility index (Phi) is 11.4. The van der Waals surface area contributed by atoms with Gasteiger partial charge in [-0.15, -0.1) is 0 Å². The van der Waals surface area contributed by atoms with Crippen LogP contribution in [0.15, 0.2) is 84.9 Å². The molecular formula is C30H36ClN3O4S. The molecule has 0 aliphatic carbocycles. The summed E-state index contributed by atoms with van der Waals surface area (Å²) >= 11 is 6.09. The highest BCUT2D eigenvalue weighted by molar-refractivity contribution is 7.92. The summed E-state index contributed by atoms with van der Waals surface area (Å²) in [6, 6.07) is 25.1. The third kappa shape index (κ3) is 9.41. The maximum atomic E-state index is 13.7. The second-order valence-corrected chi connectivity index (χ2v) is 11.8. The van der Waals surface area contributed by atoms with Crippen molar-refractivity contribution in [3.8, 4) is 0 Å². The van der Waals surface area contributed by atoms with Crippen LogP contribution in [0.2, 0.25) is 5.02 Å². The van der Waals surface area contributed by atoms with Gasteiger partial charge in [0, 0.05) is 37.5 Å². The molecule has 39 heavy (non-hydrogen) atoms. The molecule has 3 aromatic rings. The topological polar surface area (TPSA) is 86.8 Å². The van der Waals surface area contributed by atoms with Crippen LogP contribution < -0.4 is 9.62 Å². The van der Waals surface area contributed by atoms with Crippen LogP contribution in [0.5, 0.6) is 0 Å². The number of sulfonamides is 1. The first-order valence-corrected chi connectivity index (χ1v) is 15.3. The van der Waals surface area contributed by atoms with Crippen molar-refractivity contribution in [1.29, 1.82) is 0 Å². The van der Waals surface area contributed by atoms with Gasteiger partial charge in [0.05, 0.1) is 11.9 Å². The van der Waals surface area contributed by atoms with Gasteiger partial charge in [-0.1, -0.05) is 85.3 Å². The van der Waals surface area contributed by atoms with Gasteiger partial charge in [-0.05, 0) is 42.2 Å². The SMILES string of the molecule is CCCNC(=O)C(Cc1ccccc1)N(Cc1ccccc1)C(=O)CCCN(c1cccc(Cl)c1)S(C)(=O)=O. The summed E-state index contributed by atoms with van der Waals surface area (Å²) in [5.41, 5.74) is 2.30. The molecule has 0 spiro atoms. The van der Waals surface area contributed by atoms with Gasteiger partial charge in [-0.3, -0.25) is 13.9 Å². The van der Waals surface area contributed by atoms with Crippen molar-refractivity contribution in [2.24, 2.45) is 0 Å². The lowest BCUT2D eigenvalue weighted by molar-refractivity contribution is -0.141. The molecular weight excluding hydrogens is 534 g/mol. The minimum atomic E-state index is -3.60. The zero-order valence-electron chi connectivity index (χ0n) is 22.4. The number of amides is 2. The molecule has 3 rings (SSSR count). The number of carbonyl (C=O) groups excluding carboxylic acids is 2. The van der Waals surface area contributed by atoms with Gasteiger partial charge < -0.3 is 10.2 Å². The Morgan fingerprint density at radius 2 is 1.56 bits per heavy atom. The summed E-state index contributed by atoms with van der Waals surface area (Å²) < 4.78 is 26.3. The van der Waals surface area contributed by atoms with Crippen molar-refractivity contribution in [2.45, 2.75) is 45.2 Å². The molecule has 9 heteroatoms. The Morgan fingerprint density at radius 1 is 0.923 bits per heavy atom. The van der Waals surface area contributed by atoms with Crippen molar-refractivity contribution in [3.05, 3.63) is 101 Å². The molecule has 0 aromatic heterocycles.